The molecule has 0 aromatic carbocycles. The Morgan fingerprint density at radius 2 is 2.00 bits per heavy atom. The number of hydrogen-bond acceptors (Lipinski definition) is 4. The zero-order chi connectivity index (χ0) is 12.3. The van der Waals surface area contributed by atoms with E-state index in [1.54, 1.807) is 32.2 Å². The average molecular weight is 241 g/mol. The molecule has 1 rings (SSSR count). The second kappa shape index (κ2) is 4.65. The number of rotatable bonds is 2. The fraction of sp³-hybridized carbons (Fsp3) is 0.455. The SMILES string of the molecule is CC(=O)c1sccc1NC(=O)OC(C)(C)C. The van der Waals surface area contributed by atoms with Crippen LogP contribution in [0.3, 0.4) is 0 Å². The van der Waals surface area contributed by atoms with Crippen LogP contribution >= 0.6 is 11.3 Å². The molecular weight excluding hydrogens is 226 g/mol. The van der Waals surface area contributed by atoms with E-state index in [1.165, 1.54) is 18.3 Å². The highest BCUT2D eigenvalue weighted by atomic mass is 32.1. The molecule has 0 aliphatic carbocycles. The predicted molar refractivity (Wildman–Crippen MR) is 64.2 cm³/mol. The summed E-state index contributed by atoms with van der Waals surface area (Å²) < 4.78 is 5.09. The van der Waals surface area contributed by atoms with Gasteiger partial charge >= 0.3 is 6.09 Å². The van der Waals surface area contributed by atoms with Crippen molar-refractivity contribution < 1.29 is 14.3 Å². The molecule has 0 bridgehead atoms. The number of ketones is 1. The first-order chi connectivity index (χ1) is 7.29. The van der Waals surface area contributed by atoms with Gasteiger partial charge in [0, 0.05) is 6.92 Å². The first-order valence-corrected chi connectivity index (χ1v) is 5.76. The molecule has 0 aliphatic rings. The lowest BCUT2D eigenvalue weighted by Gasteiger charge is -2.19. The molecule has 88 valence electrons. The Labute approximate surface area is 98.6 Å². The van der Waals surface area contributed by atoms with Gasteiger partial charge in [0.15, 0.2) is 5.78 Å². The van der Waals surface area contributed by atoms with Gasteiger partial charge < -0.3 is 4.74 Å². The van der Waals surface area contributed by atoms with Crippen LogP contribution in [0.1, 0.15) is 37.4 Å². The van der Waals surface area contributed by atoms with Crippen LogP contribution in [0.4, 0.5) is 10.5 Å². The average Bonchev–Trinajstić information content (AvgIpc) is 2.47. The number of carbonyl (C=O) groups excluding carboxylic acids is 2. The predicted octanol–water partition coefficient (Wildman–Crippen LogP) is 3.30. The monoisotopic (exact) mass is 241 g/mol. The molecular formula is C11H15NO3S. The van der Waals surface area contributed by atoms with E-state index >= 15 is 0 Å². The Balaban J connectivity index is 2.70. The summed E-state index contributed by atoms with van der Waals surface area (Å²) in [6.07, 6.45) is -0.548. The van der Waals surface area contributed by atoms with Gasteiger partial charge in [-0.05, 0) is 32.2 Å². The van der Waals surface area contributed by atoms with E-state index in [9.17, 15) is 9.59 Å². The van der Waals surface area contributed by atoms with Crippen LogP contribution in [0, 0.1) is 0 Å². The maximum absolute atomic E-state index is 11.5. The van der Waals surface area contributed by atoms with E-state index in [0.29, 0.717) is 10.6 Å². The number of ether oxygens (including phenoxy) is 1. The number of nitrogens with one attached hydrogen (secondary N) is 1. The summed E-state index contributed by atoms with van der Waals surface area (Å²) in [4.78, 5) is 23.2. The molecule has 0 spiro atoms. The second-order valence-electron chi connectivity index (χ2n) is 4.35. The van der Waals surface area contributed by atoms with Crippen molar-refractivity contribution in [1.82, 2.24) is 0 Å². The zero-order valence-corrected chi connectivity index (χ0v) is 10.6. The molecule has 0 atom stereocenters. The van der Waals surface area contributed by atoms with E-state index in [4.69, 9.17) is 4.74 Å². The van der Waals surface area contributed by atoms with Gasteiger partial charge in [-0.3, -0.25) is 10.1 Å². The molecule has 0 fully saturated rings. The van der Waals surface area contributed by atoms with Crippen LogP contribution in [-0.2, 0) is 4.74 Å². The lowest BCUT2D eigenvalue weighted by atomic mass is 10.2. The minimum atomic E-state index is -0.548. The van der Waals surface area contributed by atoms with Gasteiger partial charge in [0.25, 0.3) is 0 Å². The van der Waals surface area contributed by atoms with E-state index < -0.39 is 11.7 Å². The molecule has 1 N–H and O–H groups in total. The van der Waals surface area contributed by atoms with Crippen LogP contribution in [-0.4, -0.2) is 17.5 Å². The maximum atomic E-state index is 11.5. The van der Waals surface area contributed by atoms with Gasteiger partial charge in [0.05, 0.1) is 10.6 Å². The molecule has 1 heterocycles. The lowest BCUT2D eigenvalue weighted by Crippen LogP contribution is -2.27. The maximum Gasteiger partial charge on any atom is 0.412 e. The minimum Gasteiger partial charge on any atom is -0.444 e. The molecule has 0 unspecified atom stereocenters. The molecule has 0 saturated carbocycles. The summed E-state index contributed by atoms with van der Waals surface area (Å²) >= 11 is 1.30. The normalized spacial score (nSPS) is 11.0. The van der Waals surface area contributed by atoms with Gasteiger partial charge in [0.2, 0.25) is 0 Å². The number of hydrogen-bond donors (Lipinski definition) is 1. The Kier molecular flexibility index (Phi) is 3.70. The van der Waals surface area contributed by atoms with Crippen molar-refractivity contribution in [1.29, 1.82) is 0 Å². The van der Waals surface area contributed by atoms with Gasteiger partial charge in [-0.2, -0.15) is 0 Å². The van der Waals surface area contributed by atoms with Crippen molar-refractivity contribution >= 4 is 28.9 Å². The Morgan fingerprint density at radius 3 is 2.50 bits per heavy atom. The van der Waals surface area contributed by atoms with Crippen LogP contribution in [0.5, 0.6) is 0 Å². The summed E-state index contributed by atoms with van der Waals surface area (Å²) in [7, 11) is 0. The third-order valence-corrected chi connectivity index (χ3v) is 2.64. The number of thiophene rings is 1. The number of Topliss-reactive ketones (excluding diaryl/α,β-unsaturated/α-hetero) is 1. The van der Waals surface area contributed by atoms with Crippen molar-refractivity contribution in [2.24, 2.45) is 0 Å². The smallest absolute Gasteiger partial charge is 0.412 e. The van der Waals surface area contributed by atoms with E-state index in [2.05, 4.69) is 5.32 Å². The molecule has 1 aromatic rings. The van der Waals surface area contributed by atoms with Crippen LogP contribution in [0.2, 0.25) is 0 Å². The van der Waals surface area contributed by atoms with E-state index in [1.807, 2.05) is 0 Å². The molecule has 16 heavy (non-hydrogen) atoms. The summed E-state index contributed by atoms with van der Waals surface area (Å²) in [5.41, 5.74) is -0.0389. The summed E-state index contributed by atoms with van der Waals surface area (Å²) in [5.74, 6) is -0.0685. The van der Waals surface area contributed by atoms with Gasteiger partial charge in [0.1, 0.15) is 5.60 Å². The third kappa shape index (κ3) is 3.66. The zero-order valence-electron chi connectivity index (χ0n) is 9.79. The summed E-state index contributed by atoms with van der Waals surface area (Å²) in [6, 6.07) is 1.69. The standard InChI is InChI=1S/C11H15NO3S/c1-7(13)9-8(5-6-16-9)12-10(14)15-11(2,3)4/h5-6H,1-4H3,(H,12,14). The molecule has 0 saturated heterocycles. The fourth-order valence-corrected chi connectivity index (χ4v) is 1.85. The molecule has 1 amide bonds. The Bertz CT molecular complexity index is 404. The summed E-state index contributed by atoms with van der Waals surface area (Å²) in [5, 5.41) is 4.31. The first-order valence-electron chi connectivity index (χ1n) is 4.88. The molecule has 0 radical (unpaired) electrons. The molecule has 4 nitrogen and oxygen atoms in total. The molecule has 1 aromatic heterocycles. The number of amides is 1. The van der Waals surface area contributed by atoms with E-state index in [0.717, 1.165) is 0 Å². The lowest BCUT2D eigenvalue weighted by molar-refractivity contribution is 0.0636. The molecule has 5 heteroatoms. The van der Waals surface area contributed by atoms with Gasteiger partial charge in [-0.1, -0.05) is 0 Å². The summed E-state index contributed by atoms with van der Waals surface area (Å²) in [6.45, 7) is 6.82. The Hall–Kier alpha value is -1.36. The highest BCUT2D eigenvalue weighted by Crippen LogP contribution is 2.23. The molecule has 0 aliphatic heterocycles. The van der Waals surface area contributed by atoms with Crippen molar-refractivity contribution in [2.75, 3.05) is 5.32 Å². The van der Waals surface area contributed by atoms with E-state index in [-0.39, 0.29) is 5.78 Å². The highest BCUT2D eigenvalue weighted by molar-refractivity contribution is 7.12. The van der Waals surface area contributed by atoms with Crippen molar-refractivity contribution in [2.45, 2.75) is 33.3 Å². The number of carbonyl (C=O) groups is 2. The quantitative estimate of drug-likeness (QED) is 0.808. The number of anilines is 1. The van der Waals surface area contributed by atoms with Gasteiger partial charge in [-0.25, -0.2) is 4.79 Å². The Morgan fingerprint density at radius 1 is 1.38 bits per heavy atom. The van der Waals surface area contributed by atoms with Crippen LogP contribution in [0.25, 0.3) is 0 Å². The first kappa shape index (κ1) is 12.7. The van der Waals surface area contributed by atoms with Crippen molar-refractivity contribution in [3.63, 3.8) is 0 Å². The van der Waals surface area contributed by atoms with Crippen LogP contribution in [0.15, 0.2) is 11.4 Å². The third-order valence-electron chi connectivity index (χ3n) is 1.62. The highest BCUT2D eigenvalue weighted by Gasteiger charge is 2.18. The second-order valence-corrected chi connectivity index (χ2v) is 5.26. The van der Waals surface area contributed by atoms with Crippen LogP contribution < -0.4 is 5.32 Å². The minimum absolute atomic E-state index is 0.0685. The van der Waals surface area contributed by atoms with Gasteiger partial charge in [-0.15, -0.1) is 11.3 Å². The topological polar surface area (TPSA) is 55.4 Å². The van der Waals surface area contributed by atoms with Crippen molar-refractivity contribution in [3.05, 3.63) is 16.3 Å². The largest absolute Gasteiger partial charge is 0.444 e. The fourth-order valence-electron chi connectivity index (χ4n) is 1.09. The van der Waals surface area contributed by atoms with Crippen molar-refractivity contribution in [3.8, 4) is 0 Å².